The maximum Gasteiger partial charge on any atom is 0.164 e. The van der Waals surface area contributed by atoms with Crippen LogP contribution in [0, 0.1) is 0 Å². The average Bonchev–Trinajstić information content (AvgIpc) is 3.79. The van der Waals surface area contributed by atoms with E-state index in [2.05, 4.69) is 95.2 Å². The average molecular weight is 673 g/mol. The van der Waals surface area contributed by atoms with E-state index >= 15 is 0 Å². The van der Waals surface area contributed by atoms with Crippen molar-refractivity contribution < 1.29 is 0 Å². The Labute approximate surface area is 297 Å². The third-order valence-electron chi connectivity index (χ3n) is 8.16. The van der Waals surface area contributed by atoms with Gasteiger partial charge in [-0.25, -0.2) is 19.9 Å². The van der Waals surface area contributed by atoms with Gasteiger partial charge in [0.2, 0.25) is 0 Å². The number of allylic oxidation sites excluding steroid dienone is 4. The molecule has 8 rings (SSSR count). The highest BCUT2D eigenvalue weighted by molar-refractivity contribution is 7.22. The maximum absolute atomic E-state index is 5.06. The van der Waals surface area contributed by atoms with Gasteiger partial charge in [-0.1, -0.05) is 123 Å². The van der Waals surface area contributed by atoms with Crippen LogP contribution in [0.15, 0.2) is 140 Å². The summed E-state index contributed by atoms with van der Waals surface area (Å²) in [7, 11) is 1.50. The molecule has 0 saturated heterocycles. The van der Waals surface area contributed by atoms with Crippen LogP contribution in [0.2, 0.25) is 0 Å². The first-order chi connectivity index (χ1) is 24.7. The Balaban J connectivity index is 0.00000104. The van der Waals surface area contributed by atoms with Crippen LogP contribution < -0.4 is 5.73 Å². The predicted octanol–water partition coefficient (Wildman–Crippen LogP) is 11.2. The standard InChI is InChI=1S/C40H29N5S.C2H6.CH5N/c1-3-14-26(4-2)37-42-38(27-15-7-5-8-16-27)44-39(43-37)29-19-13-20-30(25-29)45-34-22-12-11-21-31(34)32-23-24-33-36(35(32)45)46-40(41-33)28-17-9-6-10-18-28;2*1-2/h3-25H,1-2H3;1-2H3;2H2,1H3/b14-3-,26-4+;;. The van der Waals surface area contributed by atoms with Gasteiger partial charge in [-0.15, -0.1) is 11.3 Å². The van der Waals surface area contributed by atoms with Crippen molar-refractivity contribution in [1.29, 1.82) is 0 Å². The summed E-state index contributed by atoms with van der Waals surface area (Å²) >= 11 is 1.74. The number of fused-ring (bicyclic) bond motifs is 5. The summed E-state index contributed by atoms with van der Waals surface area (Å²) in [4.78, 5) is 19.9. The third kappa shape index (κ3) is 6.49. The topological polar surface area (TPSA) is 82.5 Å². The first kappa shape index (κ1) is 34.1. The smallest absolute Gasteiger partial charge is 0.164 e. The lowest BCUT2D eigenvalue weighted by Gasteiger charge is -2.12. The molecule has 2 N–H and O–H groups in total. The van der Waals surface area contributed by atoms with E-state index in [4.69, 9.17) is 19.9 Å². The van der Waals surface area contributed by atoms with Gasteiger partial charge in [0.05, 0.1) is 21.3 Å². The van der Waals surface area contributed by atoms with Crippen molar-refractivity contribution in [2.24, 2.45) is 5.73 Å². The molecule has 0 radical (unpaired) electrons. The van der Waals surface area contributed by atoms with Crippen LogP contribution in [-0.2, 0) is 0 Å². The summed E-state index contributed by atoms with van der Waals surface area (Å²) in [6, 6.07) is 42.0. The molecular formula is C43H40N6S. The number of hydrogen-bond donors (Lipinski definition) is 1. The number of nitrogens with zero attached hydrogens (tertiary/aromatic N) is 5. The van der Waals surface area contributed by atoms with E-state index in [0.29, 0.717) is 17.5 Å². The SMILES string of the molecule is C/C=C\C(=C/C)c1nc(-c2ccccc2)nc(-c2cccc(-n3c4ccccc4c4ccc5nc(-c6ccccc6)sc5c43)c2)n1.CC.CN. The lowest BCUT2D eigenvalue weighted by atomic mass is 10.1. The largest absolute Gasteiger partial charge is 0.333 e. The van der Waals surface area contributed by atoms with Gasteiger partial charge in [-0.05, 0) is 51.2 Å². The maximum atomic E-state index is 5.06. The van der Waals surface area contributed by atoms with E-state index in [1.54, 1.807) is 11.3 Å². The van der Waals surface area contributed by atoms with Crippen molar-refractivity contribution >= 4 is 48.9 Å². The second-order valence-corrected chi connectivity index (χ2v) is 12.0. The van der Waals surface area contributed by atoms with Gasteiger partial charge in [0.25, 0.3) is 0 Å². The summed E-state index contributed by atoms with van der Waals surface area (Å²) < 4.78 is 3.52. The van der Waals surface area contributed by atoms with E-state index in [0.717, 1.165) is 54.2 Å². The molecule has 0 aliphatic heterocycles. The van der Waals surface area contributed by atoms with Gasteiger partial charge in [-0.3, -0.25) is 0 Å². The number of thiazole rings is 1. The molecule has 248 valence electrons. The Hall–Kier alpha value is -5.76. The Morgan fingerprint density at radius 1 is 0.640 bits per heavy atom. The fraction of sp³-hybridized carbons (Fsp3) is 0.116. The van der Waals surface area contributed by atoms with Crippen molar-refractivity contribution in [2.45, 2.75) is 27.7 Å². The van der Waals surface area contributed by atoms with Crippen LogP contribution in [0.1, 0.15) is 33.5 Å². The first-order valence-corrected chi connectivity index (χ1v) is 17.7. The molecule has 0 atom stereocenters. The minimum atomic E-state index is 0.629. The quantitative estimate of drug-likeness (QED) is 0.178. The van der Waals surface area contributed by atoms with Gasteiger partial charge in [-0.2, -0.15) is 0 Å². The van der Waals surface area contributed by atoms with E-state index in [1.165, 1.54) is 17.8 Å². The molecular weight excluding hydrogens is 633 g/mol. The highest BCUT2D eigenvalue weighted by atomic mass is 32.1. The molecule has 0 fully saturated rings. The van der Waals surface area contributed by atoms with Gasteiger partial charge < -0.3 is 10.3 Å². The molecule has 50 heavy (non-hydrogen) atoms. The van der Waals surface area contributed by atoms with Gasteiger partial charge in [0, 0.05) is 38.7 Å². The second-order valence-electron chi connectivity index (χ2n) is 11.0. The fourth-order valence-corrected chi connectivity index (χ4v) is 7.13. The molecule has 3 aromatic heterocycles. The summed E-state index contributed by atoms with van der Waals surface area (Å²) in [5.74, 6) is 1.92. The van der Waals surface area contributed by atoms with Crippen molar-refractivity contribution in [3.63, 3.8) is 0 Å². The highest BCUT2D eigenvalue weighted by Gasteiger charge is 2.19. The van der Waals surface area contributed by atoms with Crippen LogP contribution in [-0.4, -0.2) is 31.6 Å². The van der Waals surface area contributed by atoms with Crippen LogP contribution in [0.5, 0.6) is 0 Å². The predicted molar refractivity (Wildman–Crippen MR) is 214 cm³/mol. The number of hydrogen-bond acceptors (Lipinski definition) is 6. The minimum absolute atomic E-state index is 0.629. The van der Waals surface area contributed by atoms with E-state index in [-0.39, 0.29) is 0 Å². The summed E-state index contributed by atoms with van der Waals surface area (Å²) in [5.41, 5.74) is 12.8. The van der Waals surface area contributed by atoms with E-state index in [9.17, 15) is 0 Å². The molecule has 0 bridgehead atoms. The molecule has 0 unspecified atom stereocenters. The number of rotatable bonds is 6. The zero-order chi connectivity index (χ0) is 35.0. The van der Waals surface area contributed by atoms with E-state index < -0.39 is 0 Å². The van der Waals surface area contributed by atoms with Gasteiger partial charge >= 0.3 is 0 Å². The fourth-order valence-electron chi connectivity index (χ4n) is 6.02. The molecule has 5 aromatic carbocycles. The van der Waals surface area contributed by atoms with Gasteiger partial charge in [0.1, 0.15) is 5.01 Å². The third-order valence-corrected chi connectivity index (χ3v) is 9.28. The minimum Gasteiger partial charge on any atom is -0.333 e. The molecule has 8 aromatic rings. The molecule has 3 heterocycles. The normalized spacial score (nSPS) is 11.4. The van der Waals surface area contributed by atoms with Crippen LogP contribution in [0.3, 0.4) is 0 Å². The number of aromatic nitrogens is 5. The van der Waals surface area contributed by atoms with Gasteiger partial charge in [0.15, 0.2) is 17.5 Å². The summed E-state index contributed by atoms with van der Waals surface area (Å²) in [5, 5.41) is 3.42. The molecule has 0 saturated carbocycles. The monoisotopic (exact) mass is 672 g/mol. The van der Waals surface area contributed by atoms with Crippen LogP contribution in [0.4, 0.5) is 0 Å². The molecule has 0 aliphatic carbocycles. The molecule has 0 amide bonds. The van der Waals surface area contributed by atoms with Crippen LogP contribution in [0.25, 0.3) is 76.6 Å². The highest BCUT2D eigenvalue weighted by Crippen LogP contribution is 2.41. The van der Waals surface area contributed by atoms with Crippen molar-refractivity contribution in [1.82, 2.24) is 24.5 Å². The number of nitrogens with two attached hydrogens (primary N) is 1. The van der Waals surface area contributed by atoms with Crippen LogP contribution >= 0.6 is 11.3 Å². The van der Waals surface area contributed by atoms with Crippen molar-refractivity contribution in [2.75, 3.05) is 7.05 Å². The molecule has 7 heteroatoms. The first-order valence-electron chi connectivity index (χ1n) is 16.9. The Morgan fingerprint density at radius 2 is 1.28 bits per heavy atom. The Bertz CT molecular complexity index is 2440. The molecule has 6 nitrogen and oxygen atoms in total. The summed E-state index contributed by atoms with van der Waals surface area (Å²) in [6.45, 7) is 8.01. The zero-order valence-electron chi connectivity index (χ0n) is 29.0. The Morgan fingerprint density at radius 3 is 1.98 bits per heavy atom. The summed E-state index contributed by atoms with van der Waals surface area (Å²) in [6.07, 6.45) is 6.08. The molecule has 0 aliphatic rings. The number of para-hydroxylation sites is 1. The second kappa shape index (κ2) is 15.6. The molecule has 0 spiro atoms. The Kier molecular flexibility index (Phi) is 10.7. The van der Waals surface area contributed by atoms with E-state index in [1.807, 2.05) is 82.3 Å². The number of benzene rings is 5. The lowest BCUT2D eigenvalue weighted by Crippen LogP contribution is -2.03. The lowest BCUT2D eigenvalue weighted by molar-refractivity contribution is 1.03. The van der Waals surface area contributed by atoms with Crippen molar-refractivity contribution in [3.8, 4) is 39.0 Å². The van der Waals surface area contributed by atoms with Crippen molar-refractivity contribution in [3.05, 3.63) is 145 Å². The zero-order valence-corrected chi connectivity index (χ0v) is 29.8.